The lowest BCUT2D eigenvalue weighted by Crippen LogP contribution is -2.65. The lowest BCUT2D eigenvalue weighted by molar-refractivity contribution is -0.127. The second-order valence-electron chi connectivity index (χ2n) is 10.2. The van der Waals surface area contributed by atoms with Gasteiger partial charge in [0.25, 0.3) is 5.91 Å². The number of aromatic nitrogens is 2. The number of nitrogens with zero attached hydrogens (tertiary/aromatic N) is 3. The lowest BCUT2D eigenvalue weighted by atomic mass is 9.93. The quantitative estimate of drug-likeness (QED) is 0.482. The fourth-order valence-electron chi connectivity index (χ4n) is 5.42. The molecular formula is C29H33FN4O2. The Bertz CT molecular complexity index is 1260. The molecule has 6 nitrogen and oxygen atoms in total. The molecule has 0 saturated heterocycles. The van der Waals surface area contributed by atoms with Crippen molar-refractivity contribution >= 4 is 17.5 Å². The first kappa shape index (κ1) is 24.2. The molecule has 1 aromatic heterocycles. The van der Waals surface area contributed by atoms with Crippen LogP contribution in [0.4, 0.5) is 10.1 Å². The Balaban J connectivity index is 1.53. The first-order chi connectivity index (χ1) is 17.4. The van der Waals surface area contributed by atoms with Gasteiger partial charge in [0.15, 0.2) is 0 Å². The van der Waals surface area contributed by atoms with Crippen molar-refractivity contribution in [3.8, 4) is 11.3 Å². The van der Waals surface area contributed by atoms with Gasteiger partial charge in [0.2, 0.25) is 5.91 Å². The van der Waals surface area contributed by atoms with E-state index in [4.69, 9.17) is 5.10 Å². The van der Waals surface area contributed by atoms with Gasteiger partial charge in [-0.25, -0.2) is 4.39 Å². The highest BCUT2D eigenvalue weighted by molar-refractivity contribution is 6.12. The van der Waals surface area contributed by atoms with Crippen molar-refractivity contribution in [2.75, 3.05) is 4.90 Å². The summed E-state index contributed by atoms with van der Waals surface area (Å²) in [4.78, 5) is 29.2. The van der Waals surface area contributed by atoms with Crippen LogP contribution in [0, 0.1) is 5.82 Å². The van der Waals surface area contributed by atoms with Gasteiger partial charge in [-0.05, 0) is 56.0 Å². The predicted octanol–water partition coefficient (Wildman–Crippen LogP) is 5.51. The number of amides is 2. The van der Waals surface area contributed by atoms with Gasteiger partial charge in [-0.3, -0.25) is 19.2 Å². The van der Waals surface area contributed by atoms with Crippen LogP contribution in [-0.4, -0.2) is 33.2 Å². The van der Waals surface area contributed by atoms with Crippen molar-refractivity contribution in [1.29, 1.82) is 0 Å². The number of benzene rings is 2. The smallest absolute Gasteiger partial charge is 0.277 e. The fraction of sp³-hybridized carbons (Fsp3) is 0.414. The minimum Gasteiger partial charge on any atom is -0.351 e. The first-order valence-electron chi connectivity index (χ1n) is 13.0. The van der Waals surface area contributed by atoms with E-state index in [2.05, 4.69) is 24.4 Å². The van der Waals surface area contributed by atoms with Gasteiger partial charge in [-0.2, -0.15) is 5.10 Å². The van der Waals surface area contributed by atoms with Crippen LogP contribution in [-0.2, 0) is 17.8 Å². The number of fused-ring (bicyclic) bond motifs is 1. The number of anilines is 1. The number of nitrogens with one attached hydrogen (secondary N) is 1. The summed E-state index contributed by atoms with van der Waals surface area (Å²) in [6.07, 6.45) is 7.32. The molecule has 3 aromatic rings. The van der Waals surface area contributed by atoms with Crippen molar-refractivity contribution < 1.29 is 14.0 Å². The van der Waals surface area contributed by atoms with Crippen LogP contribution in [0.25, 0.3) is 11.3 Å². The lowest BCUT2D eigenvalue weighted by Gasteiger charge is -2.43. The van der Waals surface area contributed by atoms with Gasteiger partial charge < -0.3 is 5.32 Å². The Morgan fingerprint density at radius 2 is 1.81 bits per heavy atom. The van der Waals surface area contributed by atoms with Gasteiger partial charge in [-0.1, -0.05) is 62.9 Å². The van der Waals surface area contributed by atoms with E-state index >= 15 is 0 Å². The average molecular weight is 489 g/mol. The van der Waals surface area contributed by atoms with Crippen LogP contribution in [0.1, 0.15) is 68.4 Å². The Morgan fingerprint density at radius 1 is 1.08 bits per heavy atom. The zero-order valence-electron chi connectivity index (χ0n) is 21.0. The van der Waals surface area contributed by atoms with Gasteiger partial charge in [0, 0.05) is 17.3 Å². The van der Waals surface area contributed by atoms with E-state index < -0.39 is 11.4 Å². The molecule has 1 atom stereocenters. The third-order valence-electron chi connectivity index (χ3n) is 7.56. The molecule has 5 rings (SSSR count). The maximum atomic E-state index is 14.2. The predicted molar refractivity (Wildman–Crippen MR) is 138 cm³/mol. The first-order valence-corrected chi connectivity index (χ1v) is 13.0. The molecule has 0 radical (unpaired) electrons. The SMILES string of the molecule is CCc1ccc(-c2cc3n(n2)CC(C)(C(=O)NC2CCCCCC2)N(c2cccc(F)c2)C3=O)cc1. The highest BCUT2D eigenvalue weighted by Gasteiger charge is 2.49. The molecule has 1 aliphatic heterocycles. The number of halogens is 1. The summed E-state index contributed by atoms with van der Waals surface area (Å²) in [5.41, 5.74) is 2.28. The summed E-state index contributed by atoms with van der Waals surface area (Å²) in [6.45, 7) is 4.03. The molecule has 1 saturated carbocycles. The number of rotatable bonds is 5. The summed E-state index contributed by atoms with van der Waals surface area (Å²) >= 11 is 0. The minimum atomic E-state index is -1.26. The molecule has 0 bridgehead atoms. The van der Waals surface area contributed by atoms with Crippen molar-refractivity contribution in [1.82, 2.24) is 15.1 Å². The standard InChI is InChI=1S/C29H33FN4O2/c1-3-20-13-15-21(16-14-20)25-18-26-27(35)34(24-12-8-9-22(30)17-24)29(2,19-33(26)32-25)28(36)31-23-10-6-4-5-7-11-23/h8-9,12-18,23H,3-7,10-11,19H2,1-2H3,(H,31,36). The number of hydrogen-bond acceptors (Lipinski definition) is 3. The van der Waals surface area contributed by atoms with Crippen molar-refractivity contribution in [2.45, 2.75) is 76.9 Å². The van der Waals surface area contributed by atoms with E-state index in [0.717, 1.165) is 37.7 Å². The minimum absolute atomic E-state index is 0.0768. The van der Waals surface area contributed by atoms with Crippen LogP contribution < -0.4 is 10.2 Å². The van der Waals surface area contributed by atoms with E-state index in [1.165, 1.54) is 35.4 Å². The van der Waals surface area contributed by atoms with Crippen LogP contribution in [0.2, 0.25) is 0 Å². The number of carbonyl (C=O) groups excluding carboxylic acids is 2. The summed E-state index contributed by atoms with van der Waals surface area (Å²) in [5.74, 6) is -1.06. The summed E-state index contributed by atoms with van der Waals surface area (Å²) < 4.78 is 15.9. The van der Waals surface area contributed by atoms with E-state index in [0.29, 0.717) is 17.1 Å². The molecule has 2 aromatic carbocycles. The summed E-state index contributed by atoms with van der Waals surface area (Å²) in [6, 6.07) is 15.8. The Hall–Kier alpha value is -3.48. The van der Waals surface area contributed by atoms with Crippen LogP contribution >= 0.6 is 0 Å². The second kappa shape index (κ2) is 9.88. The van der Waals surface area contributed by atoms with Gasteiger partial charge in [0.1, 0.15) is 17.1 Å². The third-order valence-corrected chi connectivity index (χ3v) is 7.56. The fourth-order valence-corrected chi connectivity index (χ4v) is 5.42. The molecule has 2 heterocycles. The average Bonchev–Trinajstić information content (AvgIpc) is 3.12. The van der Waals surface area contributed by atoms with Crippen LogP contribution in [0.15, 0.2) is 54.6 Å². The second-order valence-corrected chi connectivity index (χ2v) is 10.2. The summed E-state index contributed by atoms with van der Waals surface area (Å²) in [7, 11) is 0. The zero-order chi connectivity index (χ0) is 25.3. The molecule has 1 fully saturated rings. The Labute approximate surface area is 211 Å². The molecule has 0 spiro atoms. The molecular weight excluding hydrogens is 455 g/mol. The normalized spacial score (nSPS) is 20.6. The molecule has 7 heteroatoms. The van der Waals surface area contributed by atoms with E-state index in [1.54, 1.807) is 29.8 Å². The Morgan fingerprint density at radius 3 is 2.47 bits per heavy atom. The van der Waals surface area contributed by atoms with E-state index in [9.17, 15) is 14.0 Å². The van der Waals surface area contributed by atoms with Crippen LogP contribution in [0.3, 0.4) is 0 Å². The third kappa shape index (κ3) is 4.54. The van der Waals surface area contributed by atoms with Crippen molar-refractivity contribution in [2.24, 2.45) is 0 Å². The summed E-state index contributed by atoms with van der Waals surface area (Å²) in [5, 5.41) is 7.95. The molecule has 2 aliphatic rings. The largest absolute Gasteiger partial charge is 0.351 e. The molecule has 1 unspecified atom stereocenters. The molecule has 188 valence electrons. The number of hydrogen-bond donors (Lipinski definition) is 1. The maximum Gasteiger partial charge on any atom is 0.277 e. The van der Waals surface area contributed by atoms with Gasteiger partial charge in [0.05, 0.1) is 12.2 Å². The van der Waals surface area contributed by atoms with E-state index in [1.807, 2.05) is 12.1 Å². The highest BCUT2D eigenvalue weighted by Crippen LogP contribution is 2.35. The molecule has 1 aliphatic carbocycles. The number of carbonyl (C=O) groups is 2. The van der Waals surface area contributed by atoms with E-state index in [-0.39, 0.29) is 24.4 Å². The molecule has 1 N–H and O–H groups in total. The Kier molecular flexibility index (Phi) is 6.65. The zero-order valence-corrected chi connectivity index (χ0v) is 21.0. The van der Waals surface area contributed by atoms with Crippen molar-refractivity contribution in [3.05, 3.63) is 71.7 Å². The van der Waals surface area contributed by atoms with Gasteiger partial charge >= 0.3 is 0 Å². The highest BCUT2D eigenvalue weighted by atomic mass is 19.1. The molecule has 2 amide bonds. The molecule has 36 heavy (non-hydrogen) atoms. The topological polar surface area (TPSA) is 67.2 Å². The van der Waals surface area contributed by atoms with Gasteiger partial charge in [-0.15, -0.1) is 0 Å². The maximum absolute atomic E-state index is 14.2. The van der Waals surface area contributed by atoms with Crippen molar-refractivity contribution in [3.63, 3.8) is 0 Å². The number of aryl methyl sites for hydroxylation is 1. The van der Waals surface area contributed by atoms with Crippen LogP contribution in [0.5, 0.6) is 0 Å². The monoisotopic (exact) mass is 488 g/mol.